The Balaban J connectivity index is 1.45. The Hall–Kier alpha value is -1.04. The summed E-state index contributed by atoms with van der Waals surface area (Å²) in [4.78, 5) is 0. The molecule has 2 aliphatic carbocycles. The van der Waals surface area contributed by atoms with Crippen LogP contribution < -0.4 is 0 Å². The van der Waals surface area contributed by atoms with Gasteiger partial charge in [0.1, 0.15) is 0 Å². The van der Waals surface area contributed by atoms with Crippen LogP contribution in [0.25, 0.3) is 0 Å². The van der Waals surface area contributed by atoms with Gasteiger partial charge >= 0.3 is 0 Å². The predicted molar refractivity (Wildman–Crippen MR) is 110 cm³/mol. The second-order valence-electron chi connectivity index (χ2n) is 8.65. The average Bonchev–Trinajstić information content (AvgIpc) is 2.69. The van der Waals surface area contributed by atoms with E-state index in [0.29, 0.717) is 0 Å². The summed E-state index contributed by atoms with van der Waals surface area (Å²) in [5.74, 6) is 3.96. The van der Waals surface area contributed by atoms with E-state index in [4.69, 9.17) is 0 Å². The molecule has 2 aliphatic rings. The second kappa shape index (κ2) is 9.60. The van der Waals surface area contributed by atoms with Gasteiger partial charge in [-0.2, -0.15) is 0 Å². The molecule has 0 radical (unpaired) electrons. The zero-order valence-corrected chi connectivity index (χ0v) is 16.6. The van der Waals surface area contributed by atoms with E-state index < -0.39 is 0 Å². The summed E-state index contributed by atoms with van der Waals surface area (Å²) < 4.78 is 0. The van der Waals surface area contributed by atoms with Crippen LogP contribution in [0.1, 0.15) is 95.1 Å². The van der Waals surface area contributed by atoms with Crippen LogP contribution in [0.3, 0.4) is 0 Å². The van der Waals surface area contributed by atoms with Crippen LogP contribution in [0.15, 0.2) is 36.4 Å². The summed E-state index contributed by atoms with van der Waals surface area (Å²) in [6, 6.07) is 9.58. The normalized spacial score (nSPS) is 30.6. The Bertz CT molecular complexity index is 507. The van der Waals surface area contributed by atoms with E-state index in [-0.39, 0.29) is 0 Å². The van der Waals surface area contributed by atoms with Gasteiger partial charge < -0.3 is 0 Å². The van der Waals surface area contributed by atoms with Gasteiger partial charge in [-0.05, 0) is 93.1 Å². The molecule has 0 nitrogen and oxygen atoms in total. The molecule has 0 heterocycles. The van der Waals surface area contributed by atoms with Crippen LogP contribution in [0.5, 0.6) is 0 Å². The lowest BCUT2D eigenvalue weighted by Gasteiger charge is -2.38. The molecule has 138 valence electrons. The van der Waals surface area contributed by atoms with Crippen molar-refractivity contribution < 1.29 is 0 Å². The lowest BCUT2D eigenvalue weighted by atomic mass is 9.68. The van der Waals surface area contributed by atoms with Gasteiger partial charge in [-0.1, -0.05) is 62.6 Å². The van der Waals surface area contributed by atoms with E-state index in [2.05, 4.69) is 50.3 Å². The highest BCUT2D eigenvalue weighted by Crippen LogP contribution is 2.44. The molecule has 1 aromatic rings. The minimum Gasteiger partial charge on any atom is -0.0917 e. The lowest BCUT2D eigenvalue weighted by Crippen LogP contribution is -2.25. The summed E-state index contributed by atoms with van der Waals surface area (Å²) in [6.45, 7) is 4.48. The Morgan fingerprint density at radius 3 is 2.00 bits per heavy atom. The van der Waals surface area contributed by atoms with Gasteiger partial charge in [-0.25, -0.2) is 0 Å². The topological polar surface area (TPSA) is 0 Å². The van der Waals surface area contributed by atoms with E-state index in [1.165, 1.54) is 76.2 Å². The van der Waals surface area contributed by atoms with Crippen molar-refractivity contribution in [2.24, 2.45) is 17.8 Å². The van der Waals surface area contributed by atoms with Gasteiger partial charge in [0.2, 0.25) is 0 Å². The van der Waals surface area contributed by atoms with Crippen LogP contribution in [0.4, 0.5) is 0 Å². The van der Waals surface area contributed by atoms with Crippen LogP contribution in [0, 0.1) is 17.8 Å². The molecule has 2 saturated carbocycles. The molecule has 0 spiro atoms. The lowest BCUT2D eigenvalue weighted by molar-refractivity contribution is 0.158. The minimum atomic E-state index is 0.827. The van der Waals surface area contributed by atoms with E-state index in [1.807, 2.05) is 0 Å². The van der Waals surface area contributed by atoms with Crippen molar-refractivity contribution in [1.29, 1.82) is 0 Å². The summed E-state index contributed by atoms with van der Waals surface area (Å²) in [5.41, 5.74) is 3.09. The fourth-order valence-corrected chi connectivity index (χ4v) is 5.36. The molecule has 3 rings (SSSR count). The average molecular weight is 339 g/mol. The first-order valence-electron chi connectivity index (χ1n) is 11.0. The minimum absolute atomic E-state index is 0.827. The van der Waals surface area contributed by atoms with E-state index >= 15 is 0 Å². The maximum Gasteiger partial charge on any atom is -0.0162 e. The molecule has 0 aromatic heterocycles. The molecule has 0 saturated heterocycles. The first-order valence-corrected chi connectivity index (χ1v) is 11.0. The number of allylic oxidation sites excluding steroid dienone is 2. The van der Waals surface area contributed by atoms with Crippen molar-refractivity contribution in [3.8, 4) is 0 Å². The van der Waals surface area contributed by atoms with Crippen molar-refractivity contribution in [2.45, 2.75) is 90.4 Å². The summed E-state index contributed by atoms with van der Waals surface area (Å²) in [7, 11) is 0. The molecule has 2 fully saturated rings. The molecule has 0 bridgehead atoms. The molecular weight excluding hydrogens is 300 g/mol. The maximum absolute atomic E-state index is 2.42. The van der Waals surface area contributed by atoms with Gasteiger partial charge in [0.25, 0.3) is 0 Å². The Labute approximate surface area is 156 Å². The summed E-state index contributed by atoms with van der Waals surface area (Å²) in [6.07, 6.45) is 20.1. The van der Waals surface area contributed by atoms with Crippen LogP contribution in [-0.2, 0) is 6.42 Å². The van der Waals surface area contributed by atoms with Gasteiger partial charge in [0.05, 0.1) is 0 Å². The third-order valence-corrected chi connectivity index (χ3v) is 7.19. The van der Waals surface area contributed by atoms with Crippen LogP contribution >= 0.6 is 0 Å². The fraction of sp³-hybridized carbons (Fsp3) is 0.680. The Morgan fingerprint density at radius 1 is 0.840 bits per heavy atom. The summed E-state index contributed by atoms with van der Waals surface area (Å²) in [5, 5.41) is 0. The van der Waals surface area contributed by atoms with Gasteiger partial charge in [-0.15, -0.1) is 0 Å². The quantitative estimate of drug-likeness (QED) is 0.466. The third-order valence-electron chi connectivity index (χ3n) is 7.19. The zero-order valence-electron chi connectivity index (χ0n) is 16.6. The Morgan fingerprint density at radius 2 is 1.44 bits per heavy atom. The monoisotopic (exact) mass is 338 g/mol. The Kier molecular flexibility index (Phi) is 7.20. The zero-order chi connectivity index (χ0) is 17.5. The standard InChI is InChI=1S/C25H38/c1-3-5-6-7-21-10-14-23(15-11-21)25-18-16-24(17-19-25)22-12-8-20(4-2)9-13-22/h3,5,10-11,14-15,20,22,24-25H,4,6-9,12-13,16-19H2,1-2H3/b5-3+. The molecule has 0 atom stereocenters. The number of hydrogen-bond acceptors (Lipinski definition) is 0. The van der Waals surface area contributed by atoms with Crippen LogP contribution in [0.2, 0.25) is 0 Å². The second-order valence-corrected chi connectivity index (χ2v) is 8.65. The molecule has 0 heteroatoms. The molecular formula is C25H38. The maximum atomic E-state index is 2.42. The smallest absolute Gasteiger partial charge is 0.0162 e. The van der Waals surface area contributed by atoms with Crippen molar-refractivity contribution >= 4 is 0 Å². The highest BCUT2D eigenvalue weighted by atomic mass is 14.4. The largest absolute Gasteiger partial charge is 0.0917 e. The van der Waals surface area contributed by atoms with Crippen molar-refractivity contribution in [1.82, 2.24) is 0 Å². The fourth-order valence-electron chi connectivity index (χ4n) is 5.36. The van der Waals surface area contributed by atoms with E-state index in [1.54, 1.807) is 5.56 Å². The first kappa shape index (κ1) is 18.7. The van der Waals surface area contributed by atoms with Gasteiger partial charge in [-0.3, -0.25) is 0 Å². The third kappa shape index (κ3) is 5.22. The molecule has 25 heavy (non-hydrogen) atoms. The highest BCUT2D eigenvalue weighted by Gasteiger charge is 2.30. The van der Waals surface area contributed by atoms with E-state index in [0.717, 1.165) is 23.7 Å². The number of aryl methyl sites for hydroxylation is 1. The molecule has 0 unspecified atom stereocenters. The van der Waals surface area contributed by atoms with Crippen molar-refractivity contribution in [2.75, 3.05) is 0 Å². The van der Waals surface area contributed by atoms with Gasteiger partial charge in [0.15, 0.2) is 0 Å². The van der Waals surface area contributed by atoms with E-state index in [9.17, 15) is 0 Å². The van der Waals surface area contributed by atoms with Crippen molar-refractivity contribution in [3.63, 3.8) is 0 Å². The highest BCUT2D eigenvalue weighted by molar-refractivity contribution is 5.26. The molecule has 0 N–H and O–H groups in total. The van der Waals surface area contributed by atoms with Gasteiger partial charge in [0, 0.05) is 0 Å². The number of benzene rings is 1. The summed E-state index contributed by atoms with van der Waals surface area (Å²) >= 11 is 0. The molecule has 1 aromatic carbocycles. The first-order chi connectivity index (χ1) is 12.3. The molecule has 0 amide bonds. The number of rotatable bonds is 6. The number of hydrogen-bond donors (Lipinski definition) is 0. The SMILES string of the molecule is C/C=C/CCc1ccc(C2CCC(C3CCC(CC)CC3)CC2)cc1. The molecule has 0 aliphatic heterocycles. The predicted octanol–water partition coefficient (Wildman–Crippen LogP) is 7.69. The van der Waals surface area contributed by atoms with Crippen LogP contribution in [-0.4, -0.2) is 0 Å². The van der Waals surface area contributed by atoms with Crippen molar-refractivity contribution in [3.05, 3.63) is 47.5 Å².